The van der Waals surface area contributed by atoms with Crippen LogP contribution in [0.25, 0.3) is 0 Å². The maximum Gasteiger partial charge on any atom is 0.162 e. The summed E-state index contributed by atoms with van der Waals surface area (Å²) in [6.45, 7) is 20.4. The van der Waals surface area contributed by atoms with Gasteiger partial charge in [0.25, 0.3) is 0 Å². The molecule has 1 aromatic carbocycles. The predicted molar refractivity (Wildman–Crippen MR) is 144 cm³/mol. The van der Waals surface area contributed by atoms with E-state index in [1.165, 1.54) is 7.11 Å². The van der Waals surface area contributed by atoms with E-state index in [-0.39, 0.29) is 35.3 Å². The van der Waals surface area contributed by atoms with Crippen LogP contribution < -0.4 is 0 Å². The lowest BCUT2D eigenvalue weighted by atomic mass is 9.82. The van der Waals surface area contributed by atoms with Crippen molar-refractivity contribution in [3.63, 3.8) is 0 Å². The molecule has 0 saturated heterocycles. The van der Waals surface area contributed by atoms with Crippen molar-refractivity contribution in [3.8, 4) is 0 Å². The van der Waals surface area contributed by atoms with Crippen molar-refractivity contribution in [2.45, 2.75) is 63.9 Å². The molecular weight excluding hydrogens is 461 g/mol. The predicted octanol–water partition coefficient (Wildman–Crippen LogP) is 8.74. The van der Waals surface area contributed by atoms with E-state index in [0.717, 1.165) is 12.5 Å². The minimum absolute atomic E-state index is 0.0607. The van der Waals surface area contributed by atoms with Crippen LogP contribution in [0.15, 0.2) is 97.6 Å². The van der Waals surface area contributed by atoms with Gasteiger partial charge in [0.2, 0.25) is 0 Å². The average molecular weight is 501 g/mol. The fraction of sp³-hybridized carbons (Fsp3) is 0.355. The molecule has 5 heteroatoms. The zero-order valence-electron chi connectivity index (χ0n) is 21.6. The van der Waals surface area contributed by atoms with Crippen LogP contribution in [-0.2, 0) is 11.2 Å². The lowest BCUT2D eigenvalue weighted by molar-refractivity contribution is 0.122. The van der Waals surface area contributed by atoms with Crippen LogP contribution in [-0.4, -0.2) is 18.3 Å². The molecule has 0 atom stereocenters. The average Bonchev–Trinajstić information content (AvgIpc) is 2.88. The molecule has 1 aliphatic rings. The number of allylic oxidation sites excluding steroid dienone is 8. The Bertz CT molecular complexity index is 1010. The van der Waals surface area contributed by atoms with Crippen molar-refractivity contribution in [3.05, 3.63) is 120 Å². The van der Waals surface area contributed by atoms with Crippen LogP contribution in [0.5, 0.6) is 0 Å². The van der Waals surface area contributed by atoms with Gasteiger partial charge < -0.3 is 9.84 Å². The van der Waals surface area contributed by atoms with Gasteiger partial charge in [0.05, 0.1) is 13.2 Å². The maximum absolute atomic E-state index is 14.7. The molecule has 0 bridgehead atoms. The van der Waals surface area contributed by atoms with E-state index in [9.17, 15) is 18.3 Å². The van der Waals surface area contributed by atoms with Crippen LogP contribution >= 0.6 is 0 Å². The molecule has 0 radical (unpaired) electrons. The normalized spacial score (nSPS) is 17.7. The number of aliphatic hydroxyl groups excluding tert-OH is 1. The number of methoxy groups -OCH3 is 1. The molecule has 1 saturated carbocycles. The lowest BCUT2D eigenvalue weighted by Gasteiger charge is -2.26. The van der Waals surface area contributed by atoms with Crippen LogP contribution in [0.1, 0.15) is 62.5 Å². The van der Waals surface area contributed by atoms with Gasteiger partial charge in [0.15, 0.2) is 11.6 Å². The van der Waals surface area contributed by atoms with Crippen molar-refractivity contribution in [1.82, 2.24) is 0 Å². The molecule has 0 aliphatic heterocycles. The largest absolute Gasteiger partial charge is 0.497 e. The summed E-state index contributed by atoms with van der Waals surface area (Å²) in [5.74, 6) is -2.13. The maximum atomic E-state index is 14.7. The highest BCUT2D eigenvalue weighted by Gasteiger charge is 2.25. The first-order valence-corrected chi connectivity index (χ1v) is 12.2. The Morgan fingerprint density at radius 2 is 1.67 bits per heavy atom. The first kappa shape index (κ1) is 31.0. The van der Waals surface area contributed by atoms with Gasteiger partial charge in [-0.2, -0.15) is 0 Å². The molecule has 196 valence electrons. The standard InChI is InChI=1S/C27H31F3O2.C4H8/c1-17(6-8-18(2)20(4)25(28)16-19(3)32-5)7-9-22-12-15-24(27(30)26(22)29)21-10-13-23(31)14-11-21;1-3-4-2/h6,8,12,15-16,21,23,31H,1-4,7,9-11,13-14H2,5H3;3H,1,4H2,2H3/b8-6-,25-16+;. The molecule has 1 aliphatic carbocycles. The number of rotatable bonds is 11. The summed E-state index contributed by atoms with van der Waals surface area (Å²) in [5.41, 5.74) is 1.77. The topological polar surface area (TPSA) is 29.5 Å². The van der Waals surface area contributed by atoms with E-state index >= 15 is 0 Å². The van der Waals surface area contributed by atoms with E-state index in [2.05, 4.69) is 39.8 Å². The number of benzene rings is 1. The molecule has 1 aromatic rings. The Morgan fingerprint density at radius 3 is 2.22 bits per heavy atom. The summed E-state index contributed by atoms with van der Waals surface area (Å²) in [7, 11) is 1.39. The van der Waals surface area contributed by atoms with Crippen LogP contribution in [0.2, 0.25) is 0 Å². The quantitative estimate of drug-likeness (QED) is 0.187. The van der Waals surface area contributed by atoms with Crippen molar-refractivity contribution in [1.29, 1.82) is 0 Å². The first-order chi connectivity index (χ1) is 17.0. The molecule has 2 nitrogen and oxygen atoms in total. The Hall–Kier alpha value is -3.05. The minimum atomic E-state index is -0.825. The van der Waals surface area contributed by atoms with E-state index in [1.54, 1.807) is 24.3 Å². The number of aliphatic hydroxyl groups is 1. The second-order valence-electron chi connectivity index (χ2n) is 8.80. The SMILES string of the molecule is C=C(/C=C\C(=C)C(=C)/C(F)=C\C(=C)OC)CCc1ccc(C2CCC(O)CC2)c(F)c1F.C=CCC. The van der Waals surface area contributed by atoms with Gasteiger partial charge in [-0.25, -0.2) is 13.2 Å². The third kappa shape index (κ3) is 9.90. The van der Waals surface area contributed by atoms with Crippen LogP contribution in [0.3, 0.4) is 0 Å². The summed E-state index contributed by atoms with van der Waals surface area (Å²) in [4.78, 5) is 0. The molecule has 36 heavy (non-hydrogen) atoms. The third-order valence-electron chi connectivity index (χ3n) is 6.08. The molecule has 0 aromatic heterocycles. The number of halogens is 3. The molecule has 2 rings (SSSR count). The van der Waals surface area contributed by atoms with Gasteiger partial charge in [-0.15, -0.1) is 6.58 Å². The van der Waals surface area contributed by atoms with Crippen LogP contribution in [0, 0.1) is 11.6 Å². The molecule has 0 unspecified atom stereocenters. The smallest absolute Gasteiger partial charge is 0.162 e. The minimum Gasteiger partial charge on any atom is -0.497 e. The van der Waals surface area contributed by atoms with E-state index in [0.29, 0.717) is 48.8 Å². The van der Waals surface area contributed by atoms with Gasteiger partial charge in [-0.1, -0.05) is 69.2 Å². The summed E-state index contributed by atoms with van der Waals surface area (Å²) in [6.07, 6.45) is 10.2. The van der Waals surface area contributed by atoms with Crippen LogP contribution in [0.4, 0.5) is 13.2 Å². The molecule has 0 spiro atoms. The number of hydrogen-bond donors (Lipinski definition) is 1. The number of ether oxygens (including phenoxy) is 1. The fourth-order valence-corrected chi connectivity index (χ4v) is 3.64. The van der Waals surface area contributed by atoms with Gasteiger partial charge in [0, 0.05) is 11.6 Å². The van der Waals surface area contributed by atoms with Gasteiger partial charge in [-0.3, -0.25) is 0 Å². The number of aryl methyl sites for hydroxylation is 1. The monoisotopic (exact) mass is 500 g/mol. The summed E-state index contributed by atoms with van der Waals surface area (Å²) < 4.78 is 48.1. The van der Waals surface area contributed by atoms with Crippen molar-refractivity contribution >= 4 is 0 Å². The third-order valence-corrected chi connectivity index (χ3v) is 6.08. The Balaban J connectivity index is 0.00000150. The first-order valence-electron chi connectivity index (χ1n) is 12.2. The van der Waals surface area contributed by atoms with E-state index in [4.69, 9.17) is 4.74 Å². The Labute approximate surface area is 214 Å². The fourth-order valence-electron chi connectivity index (χ4n) is 3.64. The zero-order chi connectivity index (χ0) is 27.3. The zero-order valence-corrected chi connectivity index (χ0v) is 21.6. The van der Waals surface area contributed by atoms with E-state index < -0.39 is 17.5 Å². The van der Waals surface area contributed by atoms with E-state index in [1.807, 2.05) is 6.08 Å². The summed E-state index contributed by atoms with van der Waals surface area (Å²) >= 11 is 0. The highest BCUT2D eigenvalue weighted by atomic mass is 19.2. The van der Waals surface area contributed by atoms with Crippen molar-refractivity contribution in [2.24, 2.45) is 0 Å². The summed E-state index contributed by atoms with van der Waals surface area (Å²) in [6, 6.07) is 3.28. The highest BCUT2D eigenvalue weighted by molar-refractivity contribution is 5.48. The molecule has 1 N–H and O–H groups in total. The molecule has 0 heterocycles. The lowest BCUT2D eigenvalue weighted by Crippen LogP contribution is -2.18. The number of hydrogen-bond acceptors (Lipinski definition) is 2. The molecule has 1 fully saturated rings. The van der Waals surface area contributed by atoms with Gasteiger partial charge in [0.1, 0.15) is 11.6 Å². The second-order valence-corrected chi connectivity index (χ2v) is 8.80. The molecule has 0 amide bonds. The van der Waals surface area contributed by atoms with Crippen molar-refractivity contribution < 1.29 is 23.0 Å². The molecular formula is C31H39F3O2. The highest BCUT2D eigenvalue weighted by Crippen LogP contribution is 2.35. The van der Waals surface area contributed by atoms with Gasteiger partial charge >= 0.3 is 0 Å². The Morgan fingerprint density at radius 1 is 1.06 bits per heavy atom. The Kier molecular flexibility index (Phi) is 13.6. The van der Waals surface area contributed by atoms with Gasteiger partial charge in [-0.05, 0) is 67.6 Å². The second kappa shape index (κ2) is 15.8. The van der Waals surface area contributed by atoms with Crippen molar-refractivity contribution in [2.75, 3.05) is 7.11 Å². The summed E-state index contributed by atoms with van der Waals surface area (Å²) in [5, 5.41) is 9.62.